The molecule has 0 aliphatic rings. The molecule has 0 unspecified atom stereocenters. The maximum absolute atomic E-state index is 12.1. The van der Waals surface area contributed by atoms with Gasteiger partial charge >= 0.3 is 5.63 Å². The molecule has 0 bridgehead atoms. The number of aromatic nitrogens is 1. The average molecular weight is 350 g/mol. The van der Waals surface area contributed by atoms with E-state index < -0.39 is 0 Å². The molecule has 0 N–H and O–H groups in total. The van der Waals surface area contributed by atoms with Crippen LogP contribution in [0.5, 0.6) is 0 Å². The van der Waals surface area contributed by atoms with Crippen LogP contribution in [0.3, 0.4) is 0 Å². The Labute approximate surface area is 149 Å². The van der Waals surface area contributed by atoms with Gasteiger partial charge in [-0.2, -0.15) is 0 Å². The molecule has 0 spiro atoms. The smallest absolute Gasteiger partial charge is 0.336 e. The van der Waals surface area contributed by atoms with E-state index in [1.165, 1.54) is 6.07 Å². The molecule has 5 heteroatoms. The van der Waals surface area contributed by atoms with Crippen LogP contribution in [0.2, 0.25) is 0 Å². The highest BCUT2D eigenvalue weighted by atomic mass is 32.1. The predicted octanol–water partition coefficient (Wildman–Crippen LogP) is 4.92. The lowest BCUT2D eigenvalue weighted by atomic mass is 10.1. The summed E-state index contributed by atoms with van der Waals surface area (Å²) < 4.78 is 6.58. The number of thiazole rings is 1. The maximum atomic E-state index is 12.1. The highest BCUT2D eigenvalue weighted by Gasteiger charge is 2.13. The highest BCUT2D eigenvalue weighted by Crippen LogP contribution is 2.34. The van der Waals surface area contributed by atoms with Gasteiger partial charge in [0, 0.05) is 41.9 Å². The SMILES string of the molecule is CCN(CC)c1ccc2c(-c3nc4ccccc4s3)cc(=O)oc2c1. The van der Waals surface area contributed by atoms with Crippen molar-refractivity contribution in [3.8, 4) is 10.6 Å². The van der Waals surface area contributed by atoms with Gasteiger partial charge in [-0.25, -0.2) is 9.78 Å². The van der Waals surface area contributed by atoms with Gasteiger partial charge in [0.25, 0.3) is 0 Å². The first-order valence-corrected chi connectivity index (χ1v) is 9.20. The fourth-order valence-electron chi connectivity index (χ4n) is 3.10. The van der Waals surface area contributed by atoms with Gasteiger partial charge in [-0.05, 0) is 38.1 Å². The molecular weight excluding hydrogens is 332 g/mol. The number of para-hydroxylation sites is 1. The fourth-order valence-corrected chi connectivity index (χ4v) is 4.10. The maximum Gasteiger partial charge on any atom is 0.336 e. The molecular formula is C20H18N2O2S. The first-order valence-electron chi connectivity index (χ1n) is 8.38. The summed E-state index contributed by atoms with van der Waals surface area (Å²) in [6.45, 7) is 6.04. The fraction of sp³-hybridized carbons (Fsp3) is 0.200. The molecule has 0 aliphatic carbocycles. The molecule has 25 heavy (non-hydrogen) atoms. The molecule has 0 saturated heterocycles. The zero-order valence-corrected chi connectivity index (χ0v) is 15.0. The van der Waals surface area contributed by atoms with Crippen molar-refractivity contribution in [2.75, 3.05) is 18.0 Å². The number of nitrogens with zero attached hydrogens (tertiary/aromatic N) is 2. The highest BCUT2D eigenvalue weighted by molar-refractivity contribution is 7.21. The van der Waals surface area contributed by atoms with Crippen molar-refractivity contribution < 1.29 is 4.42 Å². The minimum atomic E-state index is -0.349. The van der Waals surface area contributed by atoms with Gasteiger partial charge in [0.2, 0.25) is 0 Å². The summed E-state index contributed by atoms with van der Waals surface area (Å²) in [7, 11) is 0. The lowest BCUT2D eigenvalue weighted by Gasteiger charge is -2.21. The minimum absolute atomic E-state index is 0.349. The van der Waals surface area contributed by atoms with E-state index in [1.807, 2.05) is 36.4 Å². The van der Waals surface area contributed by atoms with Gasteiger partial charge in [-0.15, -0.1) is 11.3 Å². The van der Waals surface area contributed by atoms with Gasteiger partial charge in [-0.3, -0.25) is 0 Å². The summed E-state index contributed by atoms with van der Waals surface area (Å²) in [5.41, 5.74) is 3.09. The standard InChI is InChI=1S/C20H18N2O2S/c1-3-22(4-2)13-9-10-14-15(12-19(23)24-17(14)11-13)20-21-16-7-5-6-8-18(16)25-20/h5-12H,3-4H2,1-2H3. The molecule has 2 heterocycles. The number of rotatable bonds is 4. The summed E-state index contributed by atoms with van der Waals surface area (Å²) in [5, 5.41) is 1.75. The van der Waals surface area contributed by atoms with E-state index in [2.05, 4.69) is 24.8 Å². The van der Waals surface area contributed by atoms with E-state index >= 15 is 0 Å². The monoisotopic (exact) mass is 350 g/mol. The third-order valence-corrected chi connectivity index (χ3v) is 5.45. The molecule has 0 fully saturated rings. The molecule has 0 saturated carbocycles. The van der Waals surface area contributed by atoms with Gasteiger partial charge in [0.05, 0.1) is 10.2 Å². The zero-order valence-electron chi connectivity index (χ0n) is 14.2. The third kappa shape index (κ3) is 2.81. The van der Waals surface area contributed by atoms with Crippen LogP contribution in [-0.2, 0) is 0 Å². The topological polar surface area (TPSA) is 46.3 Å². The van der Waals surface area contributed by atoms with Gasteiger partial charge in [0.15, 0.2) is 0 Å². The molecule has 4 aromatic rings. The van der Waals surface area contributed by atoms with Crippen LogP contribution in [-0.4, -0.2) is 18.1 Å². The van der Waals surface area contributed by atoms with Gasteiger partial charge in [0.1, 0.15) is 10.6 Å². The van der Waals surface area contributed by atoms with Crippen molar-refractivity contribution >= 4 is 38.2 Å². The Morgan fingerprint density at radius 1 is 1.08 bits per heavy atom. The number of benzene rings is 2. The third-order valence-electron chi connectivity index (χ3n) is 4.38. The summed E-state index contributed by atoms with van der Waals surface area (Å²) in [4.78, 5) is 19.0. The van der Waals surface area contributed by atoms with Crippen LogP contribution in [0.15, 0.2) is 57.7 Å². The quantitative estimate of drug-likeness (QED) is 0.490. The minimum Gasteiger partial charge on any atom is -0.423 e. The Morgan fingerprint density at radius 3 is 2.64 bits per heavy atom. The van der Waals surface area contributed by atoms with E-state index in [0.717, 1.165) is 45.0 Å². The van der Waals surface area contributed by atoms with E-state index in [4.69, 9.17) is 9.40 Å². The first-order chi connectivity index (χ1) is 12.2. The lowest BCUT2D eigenvalue weighted by molar-refractivity contribution is 0.561. The van der Waals surface area contributed by atoms with Crippen molar-refractivity contribution in [3.05, 3.63) is 59.0 Å². The average Bonchev–Trinajstić information content (AvgIpc) is 3.05. The van der Waals surface area contributed by atoms with Gasteiger partial charge in [-0.1, -0.05) is 12.1 Å². The summed E-state index contributed by atoms with van der Waals surface area (Å²) in [5.74, 6) is 0. The Hall–Kier alpha value is -2.66. The number of fused-ring (bicyclic) bond motifs is 2. The number of anilines is 1. The van der Waals surface area contributed by atoms with Crippen LogP contribution in [0.25, 0.3) is 31.8 Å². The van der Waals surface area contributed by atoms with Crippen LogP contribution in [0.1, 0.15) is 13.8 Å². The lowest BCUT2D eigenvalue weighted by Crippen LogP contribution is -2.21. The number of hydrogen-bond acceptors (Lipinski definition) is 5. The Morgan fingerprint density at radius 2 is 1.88 bits per heavy atom. The van der Waals surface area contributed by atoms with Crippen molar-refractivity contribution in [2.24, 2.45) is 0 Å². The van der Waals surface area contributed by atoms with Crippen molar-refractivity contribution in [3.63, 3.8) is 0 Å². The van der Waals surface area contributed by atoms with E-state index in [9.17, 15) is 4.79 Å². The van der Waals surface area contributed by atoms with Crippen molar-refractivity contribution in [1.29, 1.82) is 0 Å². The summed E-state index contributed by atoms with van der Waals surface area (Å²) in [6.07, 6.45) is 0. The largest absolute Gasteiger partial charge is 0.423 e. The van der Waals surface area contributed by atoms with Crippen LogP contribution in [0.4, 0.5) is 5.69 Å². The molecule has 0 radical (unpaired) electrons. The second-order valence-corrected chi connectivity index (χ2v) is 6.85. The second kappa shape index (κ2) is 6.33. The zero-order chi connectivity index (χ0) is 17.4. The number of hydrogen-bond donors (Lipinski definition) is 0. The predicted molar refractivity (Wildman–Crippen MR) is 105 cm³/mol. The van der Waals surface area contributed by atoms with Crippen LogP contribution >= 0.6 is 11.3 Å². The Kier molecular flexibility index (Phi) is 4.01. The second-order valence-electron chi connectivity index (χ2n) is 5.82. The first kappa shape index (κ1) is 15.8. The van der Waals surface area contributed by atoms with E-state index in [0.29, 0.717) is 5.58 Å². The normalized spacial score (nSPS) is 11.3. The Balaban J connectivity index is 1.93. The molecule has 0 amide bonds. The van der Waals surface area contributed by atoms with Gasteiger partial charge < -0.3 is 9.32 Å². The molecule has 2 aromatic carbocycles. The molecule has 126 valence electrons. The summed E-state index contributed by atoms with van der Waals surface area (Å²) in [6, 6.07) is 15.6. The van der Waals surface area contributed by atoms with Crippen molar-refractivity contribution in [1.82, 2.24) is 4.98 Å². The molecule has 0 aliphatic heterocycles. The van der Waals surface area contributed by atoms with E-state index in [1.54, 1.807) is 11.3 Å². The molecule has 4 nitrogen and oxygen atoms in total. The summed E-state index contributed by atoms with van der Waals surface area (Å²) >= 11 is 1.59. The van der Waals surface area contributed by atoms with Crippen molar-refractivity contribution in [2.45, 2.75) is 13.8 Å². The van der Waals surface area contributed by atoms with E-state index in [-0.39, 0.29) is 5.63 Å². The molecule has 4 rings (SSSR count). The Bertz CT molecular complexity index is 1080. The van der Waals surface area contributed by atoms with Crippen LogP contribution < -0.4 is 10.5 Å². The molecule has 2 aromatic heterocycles. The van der Waals surface area contributed by atoms with Crippen LogP contribution in [0, 0.1) is 0 Å². The molecule has 0 atom stereocenters.